The third-order valence-electron chi connectivity index (χ3n) is 4.58. The third-order valence-corrected chi connectivity index (χ3v) is 5.76. The molecule has 3 amide bonds. The van der Waals surface area contributed by atoms with Gasteiger partial charge in [-0.1, -0.05) is 35.9 Å². The summed E-state index contributed by atoms with van der Waals surface area (Å²) in [5, 5.41) is 3.53. The second-order valence-electron chi connectivity index (χ2n) is 6.78. The smallest absolute Gasteiger partial charge is 0.321 e. The zero-order chi connectivity index (χ0) is 19.9. The molecule has 0 atom stereocenters. The molecule has 148 valence electrons. The number of carbonyl (C=O) groups excluding carboxylic acids is 2. The van der Waals surface area contributed by atoms with Crippen molar-refractivity contribution in [2.45, 2.75) is 13.0 Å². The van der Waals surface area contributed by atoms with Crippen LogP contribution in [-0.4, -0.2) is 53.4 Å². The average molecular weight is 418 g/mol. The van der Waals surface area contributed by atoms with Gasteiger partial charge in [-0.15, -0.1) is 0 Å². The maximum Gasteiger partial charge on any atom is 0.321 e. The molecule has 7 heteroatoms. The number of rotatable bonds is 5. The van der Waals surface area contributed by atoms with Crippen LogP contribution in [-0.2, 0) is 17.8 Å². The van der Waals surface area contributed by atoms with E-state index in [9.17, 15) is 9.59 Å². The molecule has 1 saturated heterocycles. The van der Waals surface area contributed by atoms with Crippen molar-refractivity contribution in [3.63, 3.8) is 0 Å². The Bertz CT molecular complexity index is 823. The molecule has 0 bridgehead atoms. The van der Waals surface area contributed by atoms with Crippen LogP contribution in [0.3, 0.4) is 0 Å². The molecule has 0 aromatic heterocycles. The fraction of sp³-hybridized carbons (Fsp3) is 0.333. The van der Waals surface area contributed by atoms with Crippen LogP contribution >= 0.6 is 23.4 Å². The summed E-state index contributed by atoms with van der Waals surface area (Å²) in [6.07, 6.45) is 0.396. The van der Waals surface area contributed by atoms with E-state index in [1.165, 1.54) is 0 Å². The van der Waals surface area contributed by atoms with Crippen molar-refractivity contribution >= 4 is 41.0 Å². The Labute approximate surface area is 175 Å². The molecule has 2 aromatic rings. The SMILES string of the molecule is CN(Cc1cccc(Cl)c1)C(=O)Nc1ccc(CC(=O)N2CCSCC2)cc1. The molecular formula is C21H24ClN3O2S. The van der Waals surface area contributed by atoms with Crippen LogP contribution < -0.4 is 5.32 Å². The number of hydrogen-bond acceptors (Lipinski definition) is 3. The van der Waals surface area contributed by atoms with Gasteiger partial charge < -0.3 is 15.1 Å². The zero-order valence-electron chi connectivity index (χ0n) is 15.9. The van der Waals surface area contributed by atoms with Crippen LogP contribution in [0.15, 0.2) is 48.5 Å². The molecule has 0 unspecified atom stereocenters. The lowest BCUT2D eigenvalue weighted by atomic mass is 10.1. The minimum atomic E-state index is -0.199. The van der Waals surface area contributed by atoms with Gasteiger partial charge in [-0.3, -0.25) is 4.79 Å². The molecule has 1 aliphatic rings. The van der Waals surface area contributed by atoms with Crippen LogP contribution in [0, 0.1) is 0 Å². The van der Waals surface area contributed by atoms with Crippen molar-refractivity contribution in [2.75, 3.05) is 37.0 Å². The highest BCUT2D eigenvalue weighted by Gasteiger charge is 2.17. The van der Waals surface area contributed by atoms with E-state index in [1.807, 2.05) is 65.2 Å². The Morgan fingerprint density at radius 2 is 1.82 bits per heavy atom. The van der Waals surface area contributed by atoms with Gasteiger partial charge in [-0.2, -0.15) is 11.8 Å². The summed E-state index contributed by atoms with van der Waals surface area (Å²) in [4.78, 5) is 28.3. The van der Waals surface area contributed by atoms with E-state index in [-0.39, 0.29) is 11.9 Å². The highest BCUT2D eigenvalue weighted by molar-refractivity contribution is 7.99. The Morgan fingerprint density at radius 3 is 2.50 bits per heavy atom. The summed E-state index contributed by atoms with van der Waals surface area (Å²) in [5.41, 5.74) is 2.62. The Kier molecular flexibility index (Phi) is 7.23. The first kappa shape index (κ1) is 20.6. The molecule has 1 fully saturated rings. The van der Waals surface area contributed by atoms with E-state index in [4.69, 9.17) is 11.6 Å². The van der Waals surface area contributed by atoms with E-state index in [0.29, 0.717) is 23.7 Å². The van der Waals surface area contributed by atoms with Gasteiger partial charge in [-0.05, 0) is 35.4 Å². The number of amides is 3. The number of thioether (sulfide) groups is 1. The number of carbonyl (C=O) groups is 2. The minimum Gasteiger partial charge on any atom is -0.341 e. The van der Waals surface area contributed by atoms with Gasteiger partial charge in [-0.25, -0.2) is 4.79 Å². The fourth-order valence-corrected chi connectivity index (χ4v) is 4.12. The molecule has 5 nitrogen and oxygen atoms in total. The first-order valence-corrected chi connectivity index (χ1v) is 10.8. The first-order valence-electron chi connectivity index (χ1n) is 9.22. The van der Waals surface area contributed by atoms with Gasteiger partial charge in [0.15, 0.2) is 0 Å². The largest absolute Gasteiger partial charge is 0.341 e. The second-order valence-corrected chi connectivity index (χ2v) is 8.44. The van der Waals surface area contributed by atoms with Gasteiger partial charge in [0, 0.05) is 48.9 Å². The number of hydrogen-bond donors (Lipinski definition) is 1. The molecule has 0 saturated carbocycles. The van der Waals surface area contributed by atoms with Crippen molar-refractivity contribution in [1.82, 2.24) is 9.80 Å². The van der Waals surface area contributed by atoms with E-state index >= 15 is 0 Å². The predicted octanol–water partition coefficient (Wildman–Crippen LogP) is 4.12. The van der Waals surface area contributed by atoms with E-state index in [2.05, 4.69) is 5.32 Å². The van der Waals surface area contributed by atoms with Crippen LogP contribution in [0.25, 0.3) is 0 Å². The maximum atomic E-state index is 12.4. The van der Waals surface area contributed by atoms with Gasteiger partial charge >= 0.3 is 6.03 Å². The van der Waals surface area contributed by atoms with Crippen LogP contribution in [0.4, 0.5) is 10.5 Å². The number of urea groups is 1. The lowest BCUT2D eigenvalue weighted by molar-refractivity contribution is -0.130. The number of halogens is 1. The summed E-state index contributed by atoms with van der Waals surface area (Å²) in [6.45, 7) is 2.13. The maximum absolute atomic E-state index is 12.4. The average Bonchev–Trinajstić information content (AvgIpc) is 2.70. The van der Waals surface area contributed by atoms with Gasteiger partial charge in [0.1, 0.15) is 0 Å². The monoisotopic (exact) mass is 417 g/mol. The molecule has 0 radical (unpaired) electrons. The van der Waals surface area contributed by atoms with E-state index < -0.39 is 0 Å². The molecule has 0 spiro atoms. The Balaban J connectivity index is 1.51. The standard InChI is InChI=1S/C21H24ClN3O2S/c1-24(15-17-3-2-4-18(22)13-17)21(27)23-19-7-5-16(6-8-19)14-20(26)25-9-11-28-12-10-25/h2-8,13H,9-12,14-15H2,1H3,(H,23,27). The molecule has 2 aromatic carbocycles. The third kappa shape index (κ3) is 5.91. The Hall–Kier alpha value is -2.18. The minimum absolute atomic E-state index is 0.165. The zero-order valence-corrected chi connectivity index (χ0v) is 17.4. The number of nitrogens with one attached hydrogen (secondary N) is 1. The summed E-state index contributed by atoms with van der Waals surface area (Å²) in [6, 6.07) is 14.7. The molecule has 28 heavy (non-hydrogen) atoms. The summed E-state index contributed by atoms with van der Waals surface area (Å²) in [7, 11) is 1.74. The van der Waals surface area contributed by atoms with Crippen LogP contribution in [0.2, 0.25) is 5.02 Å². The lowest BCUT2D eigenvalue weighted by Gasteiger charge is -2.26. The van der Waals surface area contributed by atoms with Crippen molar-refractivity contribution in [3.8, 4) is 0 Å². The summed E-state index contributed by atoms with van der Waals surface area (Å²) in [5.74, 6) is 2.19. The quantitative estimate of drug-likeness (QED) is 0.796. The van der Waals surface area contributed by atoms with E-state index in [1.54, 1.807) is 11.9 Å². The number of nitrogens with zero attached hydrogens (tertiary/aromatic N) is 2. The molecule has 1 heterocycles. The van der Waals surface area contributed by atoms with Crippen LogP contribution in [0.5, 0.6) is 0 Å². The summed E-state index contributed by atoms with van der Waals surface area (Å²) >= 11 is 7.88. The first-order chi connectivity index (χ1) is 13.5. The summed E-state index contributed by atoms with van der Waals surface area (Å²) < 4.78 is 0. The van der Waals surface area contributed by atoms with Crippen molar-refractivity contribution < 1.29 is 9.59 Å². The van der Waals surface area contributed by atoms with Crippen molar-refractivity contribution in [1.29, 1.82) is 0 Å². The van der Waals surface area contributed by atoms with Gasteiger partial charge in [0.25, 0.3) is 0 Å². The Morgan fingerprint density at radius 1 is 1.11 bits per heavy atom. The molecule has 0 aliphatic carbocycles. The number of benzene rings is 2. The topological polar surface area (TPSA) is 52.7 Å². The molecule has 1 N–H and O–H groups in total. The normalized spacial score (nSPS) is 13.9. The number of anilines is 1. The molecular weight excluding hydrogens is 394 g/mol. The second kappa shape index (κ2) is 9.85. The van der Waals surface area contributed by atoms with E-state index in [0.717, 1.165) is 35.7 Å². The fourth-order valence-electron chi connectivity index (χ4n) is 3.00. The highest BCUT2D eigenvalue weighted by atomic mass is 35.5. The van der Waals surface area contributed by atoms with Crippen molar-refractivity contribution in [3.05, 3.63) is 64.7 Å². The molecule has 3 rings (SSSR count). The predicted molar refractivity (Wildman–Crippen MR) is 116 cm³/mol. The van der Waals surface area contributed by atoms with Crippen LogP contribution in [0.1, 0.15) is 11.1 Å². The van der Waals surface area contributed by atoms with Crippen molar-refractivity contribution in [2.24, 2.45) is 0 Å². The molecule has 1 aliphatic heterocycles. The van der Waals surface area contributed by atoms with Gasteiger partial charge in [0.05, 0.1) is 6.42 Å². The highest BCUT2D eigenvalue weighted by Crippen LogP contribution is 2.15. The van der Waals surface area contributed by atoms with Gasteiger partial charge in [0.2, 0.25) is 5.91 Å². The lowest BCUT2D eigenvalue weighted by Crippen LogP contribution is -2.38.